The molecule has 4 nitrogen and oxygen atoms in total. The van der Waals surface area contributed by atoms with Gasteiger partial charge in [0.05, 0.1) is 12.8 Å². The molecule has 102 valence electrons. The summed E-state index contributed by atoms with van der Waals surface area (Å²) in [6.07, 6.45) is 13.7. The van der Waals surface area contributed by atoms with Crippen molar-refractivity contribution in [3.05, 3.63) is 24.3 Å². The molecule has 0 unspecified atom stereocenters. The Bertz CT molecular complexity index is 262. The van der Waals surface area contributed by atoms with Gasteiger partial charge < -0.3 is 10.2 Å². The molecule has 2 N–H and O–H groups in total. The van der Waals surface area contributed by atoms with Gasteiger partial charge in [-0.15, -0.1) is 0 Å². The van der Waals surface area contributed by atoms with Crippen molar-refractivity contribution in [2.24, 2.45) is 0 Å². The van der Waals surface area contributed by atoms with Crippen molar-refractivity contribution in [3.63, 3.8) is 0 Å². The van der Waals surface area contributed by atoms with E-state index in [1.165, 1.54) is 0 Å². The van der Waals surface area contributed by atoms with Crippen molar-refractivity contribution in [1.82, 2.24) is 0 Å². The quantitative estimate of drug-likeness (QED) is 0.438. The molecule has 0 aromatic heterocycles. The standard InChI is InChI=1S/C14H22O4/c15-13(16)11-9-7-5-3-1-2-4-6-8-10-12-14(17)18/h7-10H,1-6,11-12H2,(H,15,16)(H,17,18)/b9-7+,10-8+. The largest absolute Gasteiger partial charge is 0.481 e. The SMILES string of the molecule is O=C(O)C/C=C/CCCCCC/C=C/CC(=O)O. The Morgan fingerprint density at radius 3 is 1.39 bits per heavy atom. The number of hydrogen-bond donors (Lipinski definition) is 2. The fraction of sp³-hybridized carbons (Fsp3) is 0.571. The van der Waals surface area contributed by atoms with Crippen molar-refractivity contribution in [2.45, 2.75) is 51.4 Å². The van der Waals surface area contributed by atoms with Crippen LogP contribution in [-0.2, 0) is 9.59 Å². The van der Waals surface area contributed by atoms with Crippen molar-refractivity contribution in [3.8, 4) is 0 Å². The molecule has 0 aliphatic carbocycles. The summed E-state index contributed by atoms with van der Waals surface area (Å²) >= 11 is 0. The normalized spacial score (nSPS) is 11.3. The van der Waals surface area contributed by atoms with E-state index in [0.29, 0.717) is 0 Å². The van der Waals surface area contributed by atoms with Crippen LogP contribution in [0.3, 0.4) is 0 Å². The molecule has 0 heterocycles. The molecule has 4 heteroatoms. The maximum absolute atomic E-state index is 10.2. The Labute approximate surface area is 108 Å². The molecule has 0 amide bonds. The van der Waals surface area contributed by atoms with Crippen LogP contribution < -0.4 is 0 Å². The van der Waals surface area contributed by atoms with E-state index in [2.05, 4.69) is 0 Å². The second-order valence-electron chi connectivity index (χ2n) is 4.13. The molecular weight excluding hydrogens is 232 g/mol. The van der Waals surface area contributed by atoms with Crippen LogP contribution in [0.1, 0.15) is 51.4 Å². The van der Waals surface area contributed by atoms with Gasteiger partial charge in [0.25, 0.3) is 0 Å². The Morgan fingerprint density at radius 1 is 0.667 bits per heavy atom. The van der Waals surface area contributed by atoms with Crippen LogP contribution in [0.25, 0.3) is 0 Å². The van der Waals surface area contributed by atoms with Gasteiger partial charge in [-0.2, -0.15) is 0 Å². The van der Waals surface area contributed by atoms with Gasteiger partial charge in [0, 0.05) is 0 Å². The average molecular weight is 254 g/mol. The molecule has 0 fully saturated rings. The highest BCUT2D eigenvalue weighted by atomic mass is 16.4. The van der Waals surface area contributed by atoms with E-state index in [0.717, 1.165) is 38.5 Å². The zero-order valence-electron chi connectivity index (χ0n) is 10.7. The highest BCUT2D eigenvalue weighted by molar-refractivity contribution is 5.68. The lowest BCUT2D eigenvalue weighted by Crippen LogP contribution is -1.89. The van der Waals surface area contributed by atoms with Gasteiger partial charge in [-0.25, -0.2) is 0 Å². The van der Waals surface area contributed by atoms with E-state index < -0.39 is 11.9 Å². The number of unbranched alkanes of at least 4 members (excludes halogenated alkanes) is 5. The topological polar surface area (TPSA) is 74.6 Å². The van der Waals surface area contributed by atoms with Gasteiger partial charge in [0.2, 0.25) is 0 Å². The van der Waals surface area contributed by atoms with E-state index in [1.54, 1.807) is 12.2 Å². The van der Waals surface area contributed by atoms with E-state index in [1.807, 2.05) is 12.2 Å². The summed E-state index contributed by atoms with van der Waals surface area (Å²) in [6, 6.07) is 0. The smallest absolute Gasteiger partial charge is 0.307 e. The van der Waals surface area contributed by atoms with Crippen LogP contribution >= 0.6 is 0 Å². The summed E-state index contributed by atoms with van der Waals surface area (Å²) in [6.45, 7) is 0. The summed E-state index contributed by atoms with van der Waals surface area (Å²) in [4.78, 5) is 20.4. The molecule has 0 radical (unpaired) electrons. The molecule has 0 saturated carbocycles. The molecule has 0 atom stereocenters. The zero-order chi connectivity index (χ0) is 13.6. The molecule has 18 heavy (non-hydrogen) atoms. The number of carboxylic acids is 2. The van der Waals surface area contributed by atoms with Crippen LogP contribution in [0.4, 0.5) is 0 Å². The lowest BCUT2D eigenvalue weighted by molar-refractivity contribution is -0.137. The summed E-state index contributed by atoms with van der Waals surface area (Å²) in [5.41, 5.74) is 0. The lowest BCUT2D eigenvalue weighted by Gasteiger charge is -1.96. The maximum atomic E-state index is 10.2. The Morgan fingerprint density at radius 2 is 1.06 bits per heavy atom. The maximum Gasteiger partial charge on any atom is 0.307 e. The average Bonchev–Trinajstić information content (AvgIpc) is 2.29. The van der Waals surface area contributed by atoms with Gasteiger partial charge >= 0.3 is 11.9 Å². The van der Waals surface area contributed by atoms with Crippen molar-refractivity contribution < 1.29 is 19.8 Å². The van der Waals surface area contributed by atoms with E-state index in [-0.39, 0.29) is 12.8 Å². The molecule has 0 bridgehead atoms. The lowest BCUT2D eigenvalue weighted by atomic mass is 10.1. The van der Waals surface area contributed by atoms with Gasteiger partial charge in [0.1, 0.15) is 0 Å². The molecule has 0 rings (SSSR count). The fourth-order valence-electron chi connectivity index (χ4n) is 1.48. The highest BCUT2D eigenvalue weighted by Gasteiger charge is 1.91. The van der Waals surface area contributed by atoms with Gasteiger partial charge in [-0.1, -0.05) is 37.1 Å². The molecule has 0 aromatic carbocycles. The molecule has 0 aliphatic heterocycles. The summed E-state index contributed by atoms with van der Waals surface area (Å²) < 4.78 is 0. The van der Waals surface area contributed by atoms with Crippen molar-refractivity contribution in [2.75, 3.05) is 0 Å². The van der Waals surface area contributed by atoms with Crippen LogP contribution in [-0.4, -0.2) is 22.2 Å². The second-order valence-corrected chi connectivity index (χ2v) is 4.13. The number of rotatable bonds is 11. The molecular formula is C14H22O4. The minimum absolute atomic E-state index is 0.106. The third kappa shape index (κ3) is 14.4. The Balaban J connectivity index is 3.21. The first-order chi connectivity index (χ1) is 8.63. The molecule has 0 aliphatic rings. The minimum Gasteiger partial charge on any atom is -0.481 e. The van der Waals surface area contributed by atoms with Crippen LogP contribution in [0.15, 0.2) is 24.3 Å². The number of hydrogen-bond acceptors (Lipinski definition) is 2. The third-order valence-electron chi connectivity index (χ3n) is 2.41. The van der Waals surface area contributed by atoms with Crippen LogP contribution in [0.2, 0.25) is 0 Å². The first kappa shape index (κ1) is 16.4. The molecule has 0 aromatic rings. The van der Waals surface area contributed by atoms with Gasteiger partial charge in [-0.3, -0.25) is 9.59 Å². The monoisotopic (exact) mass is 254 g/mol. The van der Waals surface area contributed by atoms with Gasteiger partial charge in [-0.05, 0) is 25.7 Å². The Hall–Kier alpha value is -1.58. The highest BCUT2D eigenvalue weighted by Crippen LogP contribution is 2.06. The predicted molar refractivity (Wildman–Crippen MR) is 70.5 cm³/mol. The van der Waals surface area contributed by atoms with E-state index >= 15 is 0 Å². The fourth-order valence-corrected chi connectivity index (χ4v) is 1.48. The van der Waals surface area contributed by atoms with Gasteiger partial charge in [0.15, 0.2) is 0 Å². The van der Waals surface area contributed by atoms with Crippen molar-refractivity contribution >= 4 is 11.9 Å². The Kier molecular flexibility index (Phi) is 10.8. The summed E-state index contributed by atoms with van der Waals surface area (Å²) in [5, 5.41) is 16.8. The van der Waals surface area contributed by atoms with Crippen LogP contribution in [0.5, 0.6) is 0 Å². The van der Waals surface area contributed by atoms with Crippen molar-refractivity contribution in [1.29, 1.82) is 0 Å². The van der Waals surface area contributed by atoms with E-state index in [9.17, 15) is 9.59 Å². The first-order valence-electron chi connectivity index (χ1n) is 6.36. The molecule has 0 saturated heterocycles. The third-order valence-corrected chi connectivity index (χ3v) is 2.41. The van der Waals surface area contributed by atoms with Crippen LogP contribution in [0, 0.1) is 0 Å². The zero-order valence-corrected chi connectivity index (χ0v) is 10.7. The minimum atomic E-state index is -0.792. The predicted octanol–water partition coefficient (Wildman–Crippen LogP) is 3.39. The van der Waals surface area contributed by atoms with E-state index in [4.69, 9.17) is 10.2 Å². The second kappa shape index (κ2) is 11.9. The number of aliphatic carboxylic acids is 2. The summed E-state index contributed by atoms with van der Waals surface area (Å²) in [7, 11) is 0. The molecule has 0 spiro atoms. The number of carboxylic acid groups (broad SMARTS) is 2. The first-order valence-corrected chi connectivity index (χ1v) is 6.36. The number of allylic oxidation sites excluding steroid dienone is 2. The summed E-state index contributed by atoms with van der Waals surface area (Å²) in [5.74, 6) is -1.58. The number of carbonyl (C=O) groups is 2.